The van der Waals surface area contributed by atoms with Crippen molar-refractivity contribution in [2.45, 2.75) is 31.7 Å². The number of carbonyl (C=O) groups excluding carboxylic acids is 1. The lowest BCUT2D eigenvalue weighted by Crippen LogP contribution is -2.42. The number of nitrogens with zero attached hydrogens (tertiary/aromatic N) is 4. The Morgan fingerprint density at radius 3 is 2.31 bits per heavy atom. The highest BCUT2D eigenvalue weighted by Gasteiger charge is 2.37. The number of rotatable bonds is 5. The Labute approximate surface area is 237 Å². The van der Waals surface area contributed by atoms with Crippen LogP contribution in [0.15, 0.2) is 42.5 Å². The number of hydrogen-bond donors (Lipinski definition) is 1. The SMILES string of the molecule is COc1cccc(Cc2nc3c(c(N4CCOCC4)n2)CN(C(=O)Nc2cc(C(F)(F)F)cc(C(F)(F)F)c2)CC3)c1. The second kappa shape index (κ2) is 11.7. The number of hydrogen-bond acceptors (Lipinski definition) is 6. The van der Waals surface area contributed by atoms with E-state index in [0.29, 0.717) is 74.2 Å². The van der Waals surface area contributed by atoms with Crippen molar-refractivity contribution < 1.29 is 40.6 Å². The fraction of sp³-hybridized carbons (Fsp3) is 0.393. The second-order valence-electron chi connectivity index (χ2n) is 9.91. The maximum atomic E-state index is 13.3. The zero-order valence-corrected chi connectivity index (χ0v) is 22.5. The number of aromatic nitrogens is 2. The van der Waals surface area contributed by atoms with Crippen molar-refractivity contribution in [3.05, 3.63) is 76.2 Å². The molecule has 0 bridgehead atoms. The first-order valence-corrected chi connectivity index (χ1v) is 13.1. The summed E-state index contributed by atoms with van der Waals surface area (Å²) in [7, 11) is 1.58. The van der Waals surface area contributed by atoms with Crippen LogP contribution in [0.2, 0.25) is 0 Å². The van der Waals surface area contributed by atoms with Crippen molar-refractivity contribution in [3.63, 3.8) is 0 Å². The quantitative estimate of drug-likeness (QED) is 0.391. The number of ether oxygens (including phenoxy) is 2. The molecule has 0 radical (unpaired) electrons. The van der Waals surface area contributed by atoms with Gasteiger partial charge in [-0.05, 0) is 35.9 Å². The molecule has 0 atom stereocenters. The van der Waals surface area contributed by atoms with Crippen LogP contribution in [0, 0.1) is 0 Å². The molecular formula is C28H27F6N5O3. The molecule has 0 spiro atoms. The van der Waals surface area contributed by atoms with E-state index in [0.717, 1.165) is 11.3 Å². The van der Waals surface area contributed by atoms with Crippen LogP contribution in [0.25, 0.3) is 0 Å². The summed E-state index contributed by atoms with van der Waals surface area (Å²) in [6.45, 7) is 2.24. The fourth-order valence-electron chi connectivity index (χ4n) is 4.93. The van der Waals surface area contributed by atoms with Gasteiger partial charge in [-0.25, -0.2) is 14.8 Å². The van der Waals surface area contributed by atoms with Crippen LogP contribution in [0.3, 0.4) is 0 Å². The van der Waals surface area contributed by atoms with Crippen molar-refractivity contribution in [1.29, 1.82) is 0 Å². The smallest absolute Gasteiger partial charge is 0.416 e. The lowest BCUT2D eigenvalue weighted by molar-refractivity contribution is -0.143. The minimum absolute atomic E-state index is 0.0157. The maximum absolute atomic E-state index is 13.3. The number of anilines is 2. The molecule has 224 valence electrons. The van der Waals surface area contributed by atoms with Gasteiger partial charge in [-0.3, -0.25) is 0 Å². The lowest BCUT2D eigenvalue weighted by Gasteiger charge is -2.34. The molecule has 1 N–H and O–H groups in total. The number of carbonyl (C=O) groups is 1. The summed E-state index contributed by atoms with van der Waals surface area (Å²) in [5, 5.41) is 2.22. The predicted octanol–water partition coefficient (Wildman–Crippen LogP) is 5.54. The standard InChI is InChI=1S/C28H27F6N5O3/c1-41-21-4-2-3-17(11-21)12-24-36-23-5-6-39(16-22(23)25(37-24)38-7-9-42-10-8-38)26(40)35-20-14-18(27(29,30)31)13-19(15-20)28(32,33)34/h2-4,11,13-15H,5-10,12,16H2,1H3,(H,35,40). The Hall–Kier alpha value is -4.07. The molecule has 14 heteroatoms. The second-order valence-corrected chi connectivity index (χ2v) is 9.91. The Balaban J connectivity index is 1.42. The number of alkyl halides is 6. The fourth-order valence-corrected chi connectivity index (χ4v) is 4.93. The number of halogens is 6. The molecule has 42 heavy (non-hydrogen) atoms. The highest BCUT2D eigenvalue weighted by Crippen LogP contribution is 2.38. The Morgan fingerprint density at radius 2 is 1.67 bits per heavy atom. The first-order valence-electron chi connectivity index (χ1n) is 13.1. The van der Waals surface area contributed by atoms with E-state index in [-0.39, 0.29) is 19.2 Å². The van der Waals surface area contributed by atoms with E-state index < -0.39 is 35.2 Å². The van der Waals surface area contributed by atoms with Crippen molar-refractivity contribution in [2.75, 3.05) is 50.2 Å². The molecule has 3 aromatic rings. The molecule has 2 aliphatic rings. The van der Waals surface area contributed by atoms with Gasteiger partial charge in [0, 0.05) is 43.7 Å². The van der Waals surface area contributed by atoms with E-state index in [1.165, 1.54) is 4.90 Å². The number of urea groups is 1. The molecule has 5 rings (SSSR count). The van der Waals surface area contributed by atoms with Crippen LogP contribution in [-0.2, 0) is 36.5 Å². The zero-order chi connectivity index (χ0) is 30.1. The largest absolute Gasteiger partial charge is 0.497 e. The van der Waals surface area contributed by atoms with E-state index in [1.54, 1.807) is 7.11 Å². The van der Waals surface area contributed by atoms with Gasteiger partial charge >= 0.3 is 18.4 Å². The van der Waals surface area contributed by atoms with Crippen molar-refractivity contribution >= 4 is 17.5 Å². The van der Waals surface area contributed by atoms with Crippen LogP contribution in [0.1, 0.15) is 33.8 Å². The van der Waals surface area contributed by atoms with Crippen molar-refractivity contribution in [1.82, 2.24) is 14.9 Å². The van der Waals surface area contributed by atoms with Crippen LogP contribution in [0.5, 0.6) is 5.75 Å². The molecular weight excluding hydrogens is 568 g/mol. The number of benzene rings is 2. The van der Waals surface area contributed by atoms with Crippen LogP contribution in [0.4, 0.5) is 42.6 Å². The average Bonchev–Trinajstić information content (AvgIpc) is 2.96. The van der Waals surface area contributed by atoms with Gasteiger partial charge in [0.25, 0.3) is 0 Å². The van der Waals surface area contributed by atoms with Crippen molar-refractivity contribution in [2.24, 2.45) is 0 Å². The summed E-state index contributed by atoms with van der Waals surface area (Å²) >= 11 is 0. The number of methoxy groups -OCH3 is 1. The van der Waals surface area contributed by atoms with E-state index in [4.69, 9.17) is 19.4 Å². The van der Waals surface area contributed by atoms with Gasteiger partial charge in [0.1, 0.15) is 17.4 Å². The number of nitrogens with one attached hydrogen (secondary N) is 1. The van der Waals surface area contributed by atoms with Gasteiger partial charge in [-0.1, -0.05) is 12.1 Å². The first kappa shape index (κ1) is 29.4. The molecule has 0 aliphatic carbocycles. The van der Waals surface area contributed by atoms with Gasteiger partial charge < -0.3 is 24.6 Å². The Bertz CT molecular complexity index is 1420. The summed E-state index contributed by atoms with van der Waals surface area (Å²) < 4.78 is 90.6. The van der Waals surface area contributed by atoms with E-state index >= 15 is 0 Å². The number of amides is 2. The monoisotopic (exact) mass is 595 g/mol. The zero-order valence-electron chi connectivity index (χ0n) is 22.5. The lowest BCUT2D eigenvalue weighted by atomic mass is 10.0. The van der Waals surface area contributed by atoms with Gasteiger partial charge in [-0.2, -0.15) is 26.3 Å². The maximum Gasteiger partial charge on any atom is 0.416 e. The summed E-state index contributed by atoms with van der Waals surface area (Å²) in [6.07, 6.45) is -9.30. The summed E-state index contributed by atoms with van der Waals surface area (Å²) in [5.74, 6) is 1.89. The van der Waals surface area contributed by atoms with Gasteiger partial charge in [0.15, 0.2) is 0 Å². The normalized spacial score (nSPS) is 15.8. The third kappa shape index (κ3) is 6.69. The minimum atomic E-state index is -5.03. The van der Waals surface area contributed by atoms with Crippen LogP contribution < -0.4 is 15.0 Å². The summed E-state index contributed by atoms with van der Waals surface area (Å²) in [4.78, 5) is 26.1. The van der Waals surface area contributed by atoms with Crippen molar-refractivity contribution in [3.8, 4) is 5.75 Å². The van der Waals surface area contributed by atoms with E-state index in [1.807, 2.05) is 29.2 Å². The third-order valence-corrected chi connectivity index (χ3v) is 7.02. The van der Waals surface area contributed by atoms with E-state index in [9.17, 15) is 31.1 Å². The molecule has 2 amide bonds. The highest BCUT2D eigenvalue weighted by molar-refractivity contribution is 5.90. The number of morpholine rings is 1. The molecule has 2 aromatic carbocycles. The first-order chi connectivity index (χ1) is 19.9. The van der Waals surface area contributed by atoms with Crippen LogP contribution >= 0.6 is 0 Å². The molecule has 0 unspecified atom stereocenters. The molecule has 1 saturated heterocycles. The molecule has 8 nitrogen and oxygen atoms in total. The van der Waals surface area contributed by atoms with Gasteiger partial charge in [-0.15, -0.1) is 0 Å². The third-order valence-electron chi connectivity index (χ3n) is 7.02. The van der Waals surface area contributed by atoms with E-state index in [2.05, 4.69) is 5.32 Å². The predicted molar refractivity (Wildman–Crippen MR) is 140 cm³/mol. The molecule has 2 aliphatic heterocycles. The van der Waals surface area contributed by atoms with Gasteiger partial charge in [0.05, 0.1) is 43.7 Å². The highest BCUT2D eigenvalue weighted by atomic mass is 19.4. The summed E-state index contributed by atoms with van der Waals surface area (Å²) in [5.41, 5.74) is -1.28. The molecule has 0 saturated carbocycles. The van der Waals surface area contributed by atoms with Gasteiger partial charge in [0.2, 0.25) is 0 Å². The molecule has 3 heterocycles. The summed E-state index contributed by atoms with van der Waals surface area (Å²) in [6, 6.07) is 7.68. The molecule has 1 aromatic heterocycles. The minimum Gasteiger partial charge on any atom is -0.497 e. The molecule has 1 fully saturated rings. The average molecular weight is 596 g/mol. The Morgan fingerprint density at radius 1 is 0.976 bits per heavy atom. The topological polar surface area (TPSA) is 79.8 Å². The Kier molecular flexibility index (Phi) is 8.17. The van der Waals surface area contributed by atoms with Crippen LogP contribution in [-0.4, -0.2) is 60.9 Å². The number of fused-ring (bicyclic) bond motifs is 1.